The van der Waals surface area contributed by atoms with Crippen LogP contribution in [0.2, 0.25) is 0 Å². The molecule has 98 valence electrons. The molecule has 3 N–H and O–H groups in total. The van der Waals surface area contributed by atoms with Gasteiger partial charge >= 0.3 is 0 Å². The Morgan fingerprint density at radius 2 is 1.76 bits per heavy atom. The molecule has 0 aromatic heterocycles. The fraction of sp³-hybridized carbons (Fsp3) is 1.00. The molecule has 0 bridgehead atoms. The van der Waals surface area contributed by atoms with E-state index < -0.39 is 0 Å². The minimum absolute atomic E-state index is 0.317. The number of ether oxygens (including phenoxy) is 1. The highest BCUT2D eigenvalue weighted by Gasteiger charge is 2.53. The van der Waals surface area contributed by atoms with Gasteiger partial charge in [0, 0.05) is 26.3 Å². The first-order valence-corrected chi connectivity index (χ1v) is 7.27. The van der Waals surface area contributed by atoms with Crippen LogP contribution in [0, 0.1) is 16.7 Å². The third-order valence-corrected chi connectivity index (χ3v) is 5.30. The van der Waals surface area contributed by atoms with Crippen LogP contribution in [0.4, 0.5) is 0 Å². The van der Waals surface area contributed by atoms with E-state index in [1.54, 1.807) is 0 Å². The van der Waals surface area contributed by atoms with Gasteiger partial charge in [0.05, 0.1) is 0 Å². The molecule has 3 aliphatic rings. The summed E-state index contributed by atoms with van der Waals surface area (Å²) in [4.78, 5) is 0. The van der Waals surface area contributed by atoms with Gasteiger partial charge in [0.1, 0.15) is 0 Å². The molecule has 0 atom stereocenters. The fourth-order valence-corrected chi connectivity index (χ4v) is 3.42. The van der Waals surface area contributed by atoms with Crippen LogP contribution in [0.1, 0.15) is 38.5 Å². The Labute approximate surface area is 104 Å². The maximum Gasteiger partial charge on any atom is 0.0472 e. The Kier molecular flexibility index (Phi) is 3.18. The fourth-order valence-electron chi connectivity index (χ4n) is 3.42. The average molecular weight is 238 g/mol. The molecule has 0 aromatic carbocycles. The maximum absolute atomic E-state index is 5.98. The molecule has 3 rings (SSSR count). The minimum atomic E-state index is 0.317. The van der Waals surface area contributed by atoms with E-state index in [0.717, 1.165) is 45.1 Å². The third kappa shape index (κ3) is 2.51. The second-order valence-corrected chi connectivity index (χ2v) is 6.56. The molecule has 1 aliphatic heterocycles. The van der Waals surface area contributed by atoms with Crippen LogP contribution in [0.3, 0.4) is 0 Å². The van der Waals surface area contributed by atoms with Gasteiger partial charge in [0.2, 0.25) is 0 Å². The summed E-state index contributed by atoms with van der Waals surface area (Å²) >= 11 is 0. The van der Waals surface area contributed by atoms with E-state index >= 15 is 0 Å². The van der Waals surface area contributed by atoms with Crippen molar-refractivity contribution in [2.75, 3.05) is 32.8 Å². The highest BCUT2D eigenvalue weighted by molar-refractivity contribution is 5.05. The standard InChI is InChI=1S/C14H26N2O/c15-9-13(5-7-17-8-6-13)10-16-11-14(3-4-14)12-1-2-12/h12,16H,1-11,15H2. The summed E-state index contributed by atoms with van der Waals surface area (Å²) in [5.41, 5.74) is 7.01. The van der Waals surface area contributed by atoms with E-state index in [1.807, 2.05) is 0 Å². The highest BCUT2D eigenvalue weighted by Crippen LogP contribution is 2.60. The van der Waals surface area contributed by atoms with Crippen LogP contribution >= 0.6 is 0 Å². The first-order chi connectivity index (χ1) is 8.29. The van der Waals surface area contributed by atoms with Crippen LogP contribution < -0.4 is 11.1 Å². The summed E-state index contributed by atoms with van der Waals surface area (Å²) in [6, 6.07) is 0. The zero-order valence-corrected chi connectivity index (χ0v) is 10.8. The molecule has 1 heterocycles. The molecule has 17 heavy (non-hydrogen) atoms. The summed E-state index contributed by atoms with van der Waals surface area (Å²) < 4.78 is 5.45. The summed E-state index contributed by atoms with van der Waals surface area (Å²) in [5, 5.41) is 3.74. The lowest BCUT2D eigenvalue weighted by Crippen LogP contribution is -2.45. The van der Waals surface area contributed by atoms with Gasteiger partial charge in [-0.05, 0) is 61.8 Å². The number of rotatable bonds is 6. The Hall–Kier alpha value is -0.120. The van der Waals surface area contributed by atoms with Gasteiger partial charge in [0.15, 0.2) is 0 Å². The van der Waals surface area contributed by atoms with E-state index in [1.165, 1.54) is 32.2 Å². The summed E-state index contributed by atoms with van der Waals surface area (Å²) in [6.07, 6.45) is 8.15. The lowest BCUT2D eigenvalue weighted by molar-refractivity contribution is 0.0186. The van der Waals surface area contributed by atoms with Gasteiger partial charge in [-0.25, -0.2) is 0 Å². The highest BCUT2D eigenvalue weighted by atomic mass is 16.5. The van der Waals surface area contributed by atoms with Crippen LogP contribution in [-0.4, -0.2) is 32.8 Å². The van der Waals surface area contributed by atoms with Gasteiger partial charge in [-0.3, -0.25) is 0 Å². The van der Waals surface area contributed by atoms with E-state index in [0.29, 0.717) is 10.8 Å². The number of hydrogen-bond acceptors (Lipinski definition) is 3. The molecule has 0 unspecified atom stereocenters. The summed E-state index contributed by atoms with van der Waals surface area (Å²) in [5.74, 6) is 1.05. The summed E-state index contributed by atoms with van der Waals surface area (Å²) in [7, 11) is 0. The van der Waals surface area contributed by atoms with E-state index in [2.05, 4.69) is 5.32 Å². The van der Waals surface area contributed by atoms with Gasteiger partial charge in [0.25, 0.3) is 0 Å². The molecule has 0 aromatic rings. The van der Waals surface area contributed by atoms with Crippen molar-refractivity contribution in [2.45, 2.75) is 38.5 Å². The van der Waals surface area contributed by atoms with Crippen LogP contribution in [0.15, 0.2) is 0 Å². The maximum atomic E-state index is 5.98. The minimum Gasteiger partial charge on any atom is -0.381 e. The van der Waals surface area contributed by atoms with Crippen LogP contribution in [0.5, 0.6) is 0 Å². The molecule has 2 saturated carbocycles. The van der Waals surface area contributed by atoms with E-state index in [-0.39, 0.29) is 0 Å². The monoisotopic (exact) mass is 238 g/mol. The number of nitrogens with one attached hydrogen (secondary N) is 1. The molecule has 3 heteroatoms. The first-order valence-electron chi connectivity index (χ1n) is 7.27. The van der Waals surface area contributed by atoms with Gasteiger partial charge in [-0.1, -0.05) is 0 Å². The largest absolute Gasteiger partial charge is 0.381 e. The molecule has 0 amide bonds. The SMILES string of the molecule is NCC1(CNCC2(C3CC3)CC2)CCOCC1. The van der Waals surface area contributed by atoms with Crippen LogP contribution in [0.25, 0.3) is 0 Å². The van der Waals surface area contributed by atoms with Crippen molar-refractivity contribution in [3.05, 3.63) is 0 Å². The van der Waals surface area contributed by atoms with Gasteiger partial charge in [-0.2, -0.15) is 0 Å². The second-order valence-electron chi connectivity index (χ2n) is 6.56. The second kappa shape index (κ2) is 4.52. The average Bonchev–Trinajstić information content (AvgIpc) is 3.23. The van der Waals surface area contributed by atoms with Crippen molar-refractivity contribution in [2.24, 2.45) is 22.5 Å². The Balaban J connectivity index is 1.46. The molecule has 2 aliphatic carbocycles. The van der Waals surface area contributed by atoms with Crippen molar-refractivity contribution in [1.82, 2.24) is 5.32 Å². The van der Waals surface area contributed by atoms with E-state index in [9.17, 15) is 0 Å². The first kappa shape index (κ1) is 11.9. The zero-order chi connectivity index (χ0) is 11.8. The van der Waals surface area contributed by atoms with Crippen molar-refractivity contribution in [1.29, 1.82) is 0 Å². The molecule has 1 saturated heterocycles. The smallest absolute Gasteiger partial charge is 0.0472 e. The molecular formula is C14H26N2O. The molecular weight excluding hydrogens is 212 g/mol. The molecule has 0 radical (unpaired) electrons. The Bertz CT molecular complexity index is 265. The van der Waals surface area contributed by atoms with Crippen molar-refractivity contribution < 1.29 is 4.74 Å². The lowest BCUT2D eigenvalue weighted by atomic mass is 9.80. The molecule has 3 fully saturated rings. The van der Waals surface area contributed by atoms with E-state index in [4.69, 9.17) is 10.5 Å². The van der Waals surface area contributed by atoms with Crippen molar-refractivity contribution in [3.63, 3.8) is 0 Å². The molecule has 3 nitrogen and oxygen atoms in total. The van der Waals surface area contributed by atoms with Gasteiger partial charge in [-0.15, -0.1) is 0 Å². The third-order valence-electron chi connectivity index (χ3n) is 5.30. The molecule has 0 spiro atoms. The number of nitrogens with two attached hydrogens (primary N) is 1. The summed E-state index contributed by atoms with van der Waals surface area (Å²) in [6.45, 7) is 4.93. The topological polar surface area (TPSA) is 47.3 Å². The zero-order valence-electron chi connectivity index (χ0n) is 10.8. The predicted molar refractivity (Wildman–Crippen MR) is 68.8 cm³/mol. The normalized spacial score (nSPS) is 30.2. The lowest BCUT2D eigenvalue weighted by Gasteiger charge is -2.36. The van der Waals surface area contributed by atoms with Crippen molar-refractivity contribution >= 4 is 0 Å². The Morgan fingerprint density at radius 1 is 1.06 bits per heavy atom. The van der Waals surface area contributed by atoms with Gasteiger partial charge < -0.3 is 15.8 Å². The van der Waals surface area contributed by atoms with Crippen LogP contribution in [-0.2, 0) is 4.74 Å². The predicted octanol–water partition coefficient (Wildman–Crippen LogP) is 1.52. The number of hydrogen-bond donors (Lipinski definition) is 2. The van der Waals surface area contributed by atoms with Crippen molar-refractivity contribution in [3.8, 4) is 0 Å². The quantitative estimate of drug-likeness (QED) is 0.737. The Morgan fingerprint density at radius 3 is 2.29 bits per heavy atom.